The number of hydrogen-bond acceptors (Lipinski definition) is 2. The summed E-state index contributed by atoms with van der Waals surface area (Å²) in [6.45, 7) is 4.56. The molecule has 0 aromatic rings. The normalized spacial score (nSPS) is 58.8. The van der Waals surface area contributed by atoms with Crippen LogP contribution in [0, 0.1) is 5.92 Å². The van der Waals surface area contributed by atoms with Crippen LogP contribution in [-0.2, 0) is 0 Å². The molecule has 0 N–H and O–H groups in total. The lowest BCUT2D eigenvalue weighted by atomic mass is 10.4. The van der Waals surface area contributed by atoms with Gasteiger partial charge in [-0.1, -0.05) is 6.92 Å². The van der Waals surface area contributed by atoms with E-state index in [1.807, 2.05) is 17.3 Å². The number of aliphatic imine (C=N–C) groups is 1. The van der Waals surface area contributed by atoms with Crippen molar-refractivity contribution >= 4 is 17.3 Å². The maximum Gasteiger partial charge on any atom is 0.0696 e. The van der Waals surface area contributed by atoms with Crippen molar-refractivity contribution in [1.82, 2.24) is 0 Å². The molecule has 0 saturated heterocycles. The van der Waals surface area contributed by atoms with Gasteiger partial charge < -0.3 is 0 Å². The van der Waals surface area contributed by atoms with Gasteiger partial charge >= 0.3 is 0 Å². The monoisotopic (exact) mass is 127 g/mol. The Morgan fingerprint density at radius 3 is 2.75 bits per heavy atom. The van der Waals surface area contributed by atoms with E-state index in [-0.39, 0.29) is 0 Å². The van der Waals surface area contributed by atoms with E-state index in [4.69, 9.17) is 0 Å². The molecule has 2 heteroatoms. The summed E-state index contributed by atoms with van der Waals surface area (Å²) in [5, 5.41) is 0. The quantitative estimate of drug-likeness (QED) is 0.481. The van der Waals surface area contributed by atoms with Crippen molar-refractivity contribution in [2.45, 2.75) is 24.6 Å². The van der Waals surface area contributed by atoms with Crippen LogP contribution in [0.5, 0.6) is 0 Å². The molecule has 1 fully saturated rings. The lowest BCUT2D eigenvalue weighted by Gasteiger charge is -1.97. The third-order valence-electron chi connectivity index (χ3n) is 2.38. The maximum absolute atomic E-state index is 4.30. The summed E-state index contributed by atoms with van der Waals surface area (Å²) in [4.78, 5) is 4.30. The Labute approximate surface area is 53.6 Å². The summed E-state index contributed by atoms with van der Waals surface area (Å²) >= 11 is 1.89. The largest absolute Gasteiger partial charge is 0.281 e. The summed E-state index contributed by atoms with van der Waals surface area (Å²) in [7, 11) is 0. The SMILES string of the molecule is CC1[C@H]2N=CSC12C. The maximum atomic E-state index is 4.30. The van der Waals surface area contributed by atoms with Gasteiger partial charge in [-0.3, -0.25) is 4.99 Å². The molecule has 1 aliphatic carbocycles. The number of thioether (sulfide) groups is 1. The van der Waals surface area contributed by atoms with E-state index in [0.29, 0.717) is 10.8 Å². The Hall–Kier alpha value is 0.0200. The molecule has 3 atom stereocenters. The first kappa shape index (κ1) is 4.86. The minimum Gasteiger partial charge on any atom is -0.281 e. The minimum atomic E-state index is 0.514. The molecule has 2 unspecified atom stereocenters. The highest BCUT2D eigenvalue weighted by molar-refractivity contribution is 8.13. The van der Waals surface area contributed by atoms with Crippen LogP contribution in [-0.4, -0.2) is 16.3 Å². The van der Waals surface area contributed by atoms with E-state index in [9.17, 15) is 0 Å². The van der Waals surface area contributed by atoms with Gasteiger partial charge in [0.25, 0.3) is 0 Å². The molecule has 0 radical (unpaired) electrons. The average molecular weight is 127 g/mol. The number of nitrogens with zero attached hydrogens (tertiary/aromatic N) is 1. The zero-order chi connectivity index (χ0) is 5.78. The fourth-order valence-electron chi connectivity index (χ4n) is 1.33. The van der Waals surface area contributed by atoms with E-state index in [0.717, 1.165) is 5.92 Å². The molecule has 8 heavy (non-hydrogen) atoms. The first-order chi connectivity index (χ1) is 3.75. The first-order valence-corrected chi connectivity index (χ1v) is 3.82. The average Bonchev–Trinajstić information content (AvgIpc) is 2.23. The highest BCUT2D eigenvalue weighted by atomic mass is 32.2. The first-order valence-electron chi connectivity index (χ1n) is 2.94. The fourth-order valence-corrected chi connectivity index (χ4v) is 2.43. The van der Waals surface area contributed by atoms with Crippen molar-refractivity contribution < 1.29 is 0 Å². The molecule has 0 aromatic heterocycles. The number of fused-ring (bicyclic) bond motifs is 1. The Morgan fingerprint density at radius 2 is 2.50 bits per heavy atom. The van der Waals surface area contributed by atoms with Gasteiger partial charge in [0.05, 0.1) is 11.6 Å². The molecule has 0 amide bonds. The van der Waals surface area contributed by atoms with Gasteiger partial charge in [0.2, 0.25) is 0 Å². The van der Waals surface area contributed by atoms with Crippen molar-refractivity contribution in [2.75, 3.05) is 0 Å². The lowest BCUT2D eigenvalue weighted by Crippen LogP contribution is -1.96. The van der Waals surface area contributed by atoms with Gasteiger partial charge in [-0.25, -0.2) is 0 Å². The topological polar surface area (TPSA) is 12.4 Å². The van der Waals surface area contributed by atoms with Gasteiger partial charge in [-0.05, 0) is 12.8 Å². The number of hydrogen-bond donors (Lipinski definition) is 0. The van der Waals surface area contributed by atoms with Crippen molar-refractivity contribution in [3.05, 3.63) is 0 Å². The predicted molar refractivity (Wildman–Crippen MR) is 37.4 cm³/mol. The molecule has 2 rings (SSSR count). The molecular formula is C6H9NS. The minimum absolute atomic E-state index is 0.514. The van der Waals surface area contributed by atoms with Gasteiger partial charge in [0.1, 0.15) is 0 Å². The van der Waals surface area contributed by atoms with Crippen LogP contribution in [0.2, 0.25) is 0 Å². The predicted octanol–water partition coefficient (Wildman–Crippen LogP) is 1.54. The standard InChI is InChI=1S/C6H9NS/c1-4-5-6(4,2)8-3-7-5/h3-5H,1-2H3/t4?,5-,6?/m1/s1. The molecule has 1 saturated carbocycles. The van der Waals surface area contributed by atoms with E-state index in [1.54, 1.807) is 0 Å². The fraction of sp³-hybridized carbons (Fsp3) is 0.833. The summed E-state index contributed by atoms with van der Waals surface area (Å²) in [5.74, 6) is 0.831. The highest BCUT2D eigenvalue weighted by Gasteiger charge is 2.61. The Kier molecular flexibility index (Phi) is 0.685. The zero-order valence-electron chi connectivity index (χ0n) is 5.09. The molecule has 1 aliphatic heterocycles. The van der Waals surface area contributed by atoms with Crippen LogP contribution >= 0.6 is 11.8 Å². The Morgan fingerprint density at radius 1 is 1.75 bits per heavy atom. The molecule has 0 bridgehead atoms. The van der Waals surface area contributed by atoms with Crippen LogP contribution in [0.15, 0.2) is 4.99 Å². The van der Waals surface area contributed by atoms with Crippen LogP contribution in [0.3, 0.4) is 0 Å². The second-order valence-electron chi connectivity index (χ2n) is 2.79. The number of rotatable bonds is 0. The molecule has 0 spiro atoms. The summed E-state index contributed by atoms with van der Waals surface area (Å²) in [6, 6.07) is 0.660. The Bertz CT molecular complexity index is 155. The smallest absolute Gasteiger partial charge is 0.0696 e. The molecule has 1 nitrogen and oxygen atoms in total. The van der Waals surface area contributed by atoms with Crippen LogP contribution in [0.1, 0.15) is 13.8 Å². The molecule has 44 valence electrons. The van der Waals surface area contributed by atoms with Crippen molar-refractivity contribution in [2.24, 2.45) is 10.9 Å². The van der Waals surface area contributed by atoms with E-state index >= 15 is 0 Å². The third kappa shape index (κ3) is 0.343. The second kappa shape index (κ2) is 1.13. The van der Waals surface area contributed by atoms with E-state index in [1.165, 1.54) is 0 Å². The molecule has 2 aliphatic rings. The van der Waals surface area contributed by atoms with E-state index in [2.05, 4.69) is 18.8 Å². The van der Waals surface area contributed by atoms with Gasteiger partial charge in [-0.15, -0.1) is 11.8 Å². The van der Waals surface area contributed by atoms with Crippen molar-refractivity contribution in [3.8, 4) is 0 Å². The summed E-state index contributed by atoms with van der Waals surface area (Å²) < 4.78 is 0.514. The van der Waals surface area contributed by atoms with Gasteiger partial charge in [-0.2, -0.15) is 0 Å². The van der Waals surface area contributed by atoms with Crippen molar-refractivity contribution in [3.63, 3.8) is 0 Å². The van der Waals surface area contributed by atoms with E-state index < -0.39 is 0 Å². The lowest BCUT2D eigenvalue weighted by molar-refractivity contribution is 0.870. The molecular weight excluding hydrogens is 118 g/mol. The van der Waals surface area contributed by atoms with Crippen molar-refractivity contribution in [1.29, 1.82) is 0 Å². The molecule has 0 aromatic carbocycles. The second-order valence-corrected chi connectivity index (χ2v) is 4.12. The van der Waals surface area contributed by atoms with Crippen LogP contribution in [0.25, 0.3) is 0 Å². The Balaban J connectivity index is 2.27. The van der Waals surface area contributed by atoms with Crippen LogP contribution in [0.4, 0.5) is 0 Å². The molecule has 1 heterocycles. The third-order valence-corrected chi connectivity index (χ3v) is 3.73. The van der Waals surface area contributed by atoms with Gasteiger partial charge in [0.15, 0.2) is 0 Å². The summed E-state index contributed by atoms with van der Waals surface area (Å²) in [5.41, 5.74) is 1.99. The highest BCUT2D eigenvalue weighted by Crippen LogP contribution is 2.58. The summed E-state index contributed by atoms with van der Waals surface area (Å²) in [6.07, 6.45) is 0. The van der Waals surface area contributed by atoms with Gasteiger partial charge in [0, 0.05) is 4.75 Å². The zero-order valence-corrected chi connectivity index (χ0v) is 5.90. The van der Waals surface area contributed by atoms with Crippen LogP contribution < -0.4 is 0 Å².